The van der Waals surface area contributed by atoms with Crippen LogP contribution < -0.4 is 0 Å². The number of rotatable bonds is 26. The van der Waals surface area contributed by atoms with Crippen LogP contribution in [0.2, 0.25) is 0 Å². The molecule has 0 unspecified atom stereocenters. The second-order valence-electron chi connectivity index (χ2n) is 9.63. The Morgan fingerprint density at radius 3 is 0.806 bits per heavy atom. The molecule has 0 aromatic heterocycles. The van der Waals surface area contributed by atoms with Gasteiger partial charge in [-0.25, -0.2) is 0 Å². The molecule has 0 saturated heterocycles. The molecule has 0 bridgehead atoms. The molecule has 2 nitrogen and oxygen atoms in total. The molecule has 0 aliphatic heterocycles. The van der Waals surface area contributed by atoms with Gasteiger partial charge in [-0.05, 0) is 6.42 Å². The summed E-state index contributed by atoms with van der Waals surface area (Å²) < 4.78 is 0. The van der Waals surface area contributed by atoms with Crippen molar-refractivity contribution < 1.29 is 31.0 Å². The first-order chi connectivity index (χ1) is 14.8. The van der Waals surface area contributed by atoms with Crippen molar-refractivity contribution in [2.45, 2.75) is 174 Å². The zero-order chi connectivity index (χ0) is 22.0. The predicted octanol–water partition coefficient (Wildman–Crippen LogP) is 10.2. The molecule has 0 aliphatic rings. The molecule has 3 heteroatoms. The Balaban J connectivity index is 0. The number of unbranched alkanes of at least 4 members (excludes halogenated alkanes) is 24. The summed E-state index contributed by atoms with van der Waals surface area (Å²) in [6.07, 6.45) is 35.0. The third-order valence-corrected chi connectivity index (χ3v) is 6.49. The van der Waals surface area contributed by atoms with E-state index in [0.717, 1.165) is 12.8 Å². The first kappa shape index (κ1) is 33.3. The molecule has 0 heterocycles. The first-order valence-corrected chi connectivity index (χ1v) is 14.0. The molecule has 31 heavy (non-hydrogen) atoms. The van der Waals surface area contributed by atoms with Crippen molar-refractivity contribution in [3.63, 3.8) is 0 Å². The zero-order valence-corrected chi connectivity index (χ0v) is 23.3. The largest absolute Gasteiger partial charge is 0.481 e. The van der Waals surface area contributed by atoms with Crippen LogP contribution in [0.4, 0.5) is 0 Å². The van der Waals surface area contributed by atoms with Gasteiger partial charge in [0.15, 0.2) is 0 Å². The van der Waals surface area contributed by atoms with Gasteiger partial charge in [0.1, 0.15) is 0 Å². The van der Waals surface area contributed by atoms with Gasteiger partial charge in [-0.1, -0.05) is 161 Å². The average molecular weight is 620 g/mol. The summed E-state index contributed by atoms with van der Waals surface area (Å²) in [6.45, 7) is 2.29. The molecule has 1 N–H and O–H groups in total. The fourth-order valence-electron chi connectivity index (χ4n) is 4.42. The molecule has 0 amide bonds. The van der Waals surface area contributed by atoms with Crippen LogP contribution in [0.15, 0.2) is 0 Å². The minimum absolute atomic E-state index is 0. The van der Waals surface area contributed by atoms with Crippen LogP contribution in [-0.4, -0.2) is 11.1 Å². The standard InChI is InChI=1S/C28H56O2.Pt/c1-2-3-4-5-6-7-8-9-10-11-12-13-14-15-16-17-18-19-20-21-22-23-24-25-26-27-28(29)30;/h2-27H2,1H3,(H,29,30);. The summed E-state index contributed by atoms with van der Waals surface area (Å²) >= 11 is 0. The summed E-state index contributed by atoms with van der Waals surface area (Å²) in [5, 5.41) is 8.60. The summed E-state index contributed by atoms with van der Waals surface area (Å²) in [7, 11) is 0. The van der Waals surface area contributed by atoms with E-state index in [4.69, 9.17) is 5.11 Å². The summed E-state index contributed by atoms with van der Waals surface area (Å²) in [5.74, 6) is -0.649. The minimum atomic E-state index is -0.649. The number of carboxylic acid groups (broad SMARTS) is 1. The van der Waals surface area contributed by atoms with Crippen LogP contribution in [-0.2, 0) is 25.9 Å². The van der Waals surface area contributed by atoms with Crippen LogP contribution in [0.3, 0.4) is 0 Å². The van der Waals surface area contributed by atoms with Crippen molar-refractivity contribution in [3.8, 4) is 0 Å². The Labute approximate surface area is 210 Å². The van der Waals surface area contributed by atoms with E-state index in [1.807, 2.05) is 0 Å². The van der Waals surface area contributed by atoms with E-state index in [9.17, 15) is 4.79 Å². The second-order valence-corrected chi connectivity index (χ2v) is 9.63. The summed E-state index contributed by atoms with van der Waals surface area (Å²) in [4.78, 5) is 10.4. The molecule has 0 fully saturated rings. The van der Waals surface area contributed by atoms with Crippen molar-refractivity contribution in [2.24, 2.45) is 0 Å². The summed E-state index contributed by atoms with van der Waals surface area (Å²) in [6, 6.07) is 0. The quantitative estimate of drug-likeness (QED) is 0.0979. The van der Waals surface area contributed by atoms with E-state index in [2.05, 4.69) is 6.92 Å². The molecule has 0 saturated carbocycles. The van der Waals surface area contributed by atoms with E-state index in [1.165, 1.54) is 148 Å². The number of aliphatic carboxylic acids is 1. The first-order valence-electron chi connectivity index (χ1n) is 14.0. The average Bonchev–Trinajstić information content (AvgIpc) is 2.73. The van der Waals surface area contributed by atoms with E-state index in [1.54, 1.807) is 0 Å². The van der Waals surface area contributed by atoms with Crippen LogP contribution >= 0.6 is 0 Å². The molecular formula is C28H56O2Pt. The fraction of sp³-hybridized carbons (Fsp3) is 0.964. The number of hydrogen-bond acceptors (Lipinski definition) is 1. The number of carboxylic acids is 1. The SMILES string of the molecule is CCCCCCCCCCCCCCCCCCCCCCCCCCCC(=O)O.[Pt]. The maximum absolute atomic E-state index is 10.4. The Kier molecular flexibility index (Phi) is 32.4. The molecule has 0 radical (unpaired) electrons. The number of hydrogen-bond donors (Lipinski definition) is 1. The molecule has 0 rings (SSSR count). The minimum Gasteiger partial charge on any atom is -0.481 e. The van der Waals surface area contributed by atoms with Gasteiger partial charge in [-0.15, -0.1) is 0 Å². The summed E-state index contributed by atoms with van der Waals surface area (Å²) in [5.41, 5.74) is 0. The third-order valence-electron chi connectivity index (χ3n) is 6.49. The predicted molar refractivity (Wildman–Crippen MR) is 133 cm³/mol. The van der Waals surface area contributed by atoms with Gasteiger partial charge in [0, 0.05) is 27.5 Å². The Morgan fingerprint density at radius 1 is 0.419 bits per heavy atom. The van der Waals surface area contributed by atoms with Crippen molar-refractivity contribution in [1.29, 1.82) is 0 Å². The van der Waals surface area contributed by atoms with Gasteiger partial charge in [0.25, 0.3) is 0 Å². The Bertz CT molecular complexity index is 333. The smallest absolute Gasteiger partial charge is 0.303 e. The van der Waals surface area contributed by atoms with E-state index < -0.39 is 5.97 Å². The van der Waals surface area contributed by atoms with Crippen molar-refractivity contribution in [3.05, 3.63) is 0 Å². The fourth-order valence-corrected chi connectivity index (χ4v) is 4.42. The molecule has 0 aromatic rings. The van der Waals surface area contributed by atoms with Gasteiger partial charge in [0.05, 0.1) is 0 Å². The third kappa shape index (κ3) is 32.4. The normalized spacial score (nSPS) is 10.9. The van der Waals surface area contributed by atoms with Gasteiger partial charge in [-0.2, -0.15) is 0 Å². The maximum atomic E-state index is 10.4. The monoisotopic (exact) mass is 619 g/mol. The zero-order valence-electron chi connectivity index (χ0n) is 21.1. The van der Waals surface area contributed by atoms with Crippen LogP contribution in [0.25, 0.3) is 0 Å². The van der Waals surface area contributed by atoms with E-state index >= 15 is 0 Å². The maximum Gasteiger partial charge on any atom is 0.303 e. The van der Waals surface area contributed by atoms with Gasteiger partial charge in [0.2, 0.25) is 0 Å². The van der Waals surface area contributed by atoms with Crippen LogP contribution in [0.1, 0.15) is 174 Å². The second kappa shape index (κ2) is 30.2. The van der Waals surface area contributed by atoms with Crippen molar-refractivity contribution in [2.75, 3.05) is 0 Å². The Hall–Kier alpha value is 0.158. The topological polar surface area (TPSA) is 37.3 Å². The van der Waals surface area contributed by atoms with Crippen molar-refractivity contribution in [1.82, 2.24) is 0 Å². The molecular weight excluding hydrogens is 563 g/mol. The van der Waals surface area contributed by atoms with Crippen LogP contribution in [0.5, 0.6) is 0 Å². The number of carbonyl (C=O) groups is 1. The molecule has 0 atom stereocenters. The van der Waals surface area contributed by atoms with Gasteiger partial charge in [-0.3, -0.25) is 4.79 Å². The van der Waals surface area contributed by atoms with Crippen molar-refractivity contribution >= 4 is 5.97 Å². The molecule has 0 aliphatic carbocycles. The molecule has 0 spiro atoms. The molecule has 190 valence electrons. The molecule has 0 aromatic carbocycles. The van der Waals surface area contributed by atoms with Gasteiger partial charge >= 0.3 is 5.97 Å². The van der Waals surface area contributed by atoms with E-state index in [0.29, 0.717) is 6.42 Å². The van der Waals surface area contributed by atoms with Crippen LogP contribution in [0, 0.1) is 0 Å². The van der Waals surface area contributed by atoms with Gasteiger partial charge < -0.3 is 5.11 Å². The van der Waals surface area contributed by atoms with E-state index in [-0.39, 0.29) is 21.1 Å². The Morgan fingerprint density at radius 2 is 0.613 bits per heavy atom.